The van der Waals surface area contributed by atoms with Gasteiger partial charge in [0, 0.05) is 30.0 Å². The van der Waals surface area contributed by atoms with Gasteiger partial charge in [0.1, 0.15) is 0 Å². The second-order valence-corrected chi connectivity index (χ2v) is 8.64. The zero-order chi connectivity index (χ0) is 20.5. The lowest BCUT2D eigenvalue weighted by Crippen LogP contribution is -2.42. The van der Waals surface area contributed by atoms with Crippen LogP contribution in [0.3, 0.4) is 0 Å². The average molecular weight is 409 g/mol. The molecule has 5 nitrogen and oxygen atoms in total. The molecule has 6 heteroatoms. The zero-order valence-corrected chi connectivity index (χ0v) is 16.9. The Morgan fingerprint density at radius 3 is 2.31 bits per heavy atom. The van der Waals surface area contributed by atoms with Gasteiger partial charge in [-0.1, -0.05) is 60.4 Å². The maximum Gasteiger partial charge on any atom is 0.236 e. The van der Waals surface area contributed by atoms with Crippen LogP contribution >= 0.6 is 0 Å². The van der Waals surface area contributed by atoms with Crippen molar-refractivity contribution in [2.75, 3.05) is 19.6 Å². The molecule has 150 valence electrons. The number of amides is 1. The first kappa shape index (κ1) is 20.8. The van der Waals surface area contributed by atoms with E-state index in [0.29, 0.717) is 25.9 Å². The molecule has 0 aromatic heterocycles. The highest BCUT2D eigenvalue weighted by molar-refractivity contribution is 7.92. The van der Waals surface area contributed by atoms with Gasteiger partial charge in [-0.3, -0.25) is 4.79 Å². The molecule has 3 rings (SSSR count). The highest BCUT2D eigenvalue weighted by Crippen LogP contribution is 2.21. The second-order valence-electron chi connectivity index (χ2n) is 6.82. The lowest BCUT2D eigenvalue weighted by Gasteiger charge is -2.29. The number of benzene rings is 2. The van der Waals surface area contributed by atoms with Gasteiger partial charge in [0.25, 0.3) is 0 Å². The van der Waals surface area contributed by atoms with Crippen LogP contribution in [0.15, 0.2) is 66.1 Å². The van der Waals surface area contributed by atoms with Gasteiger partial charge >= 0.3 is 0 Å². The summed E-state index contributed by atoms with van der Waals surface area (Å²) in [6, 6.07) is 18.9. The number of carbonyl (C=O) groups is 1. The quantitative estimate of drug-likeness (QED) is 0.774. The van der Waals surface area contributed by atoms with E-state index in [1.807, 2.05) is 60.7 Å². The summed E-state index contributed by atoms with van der Waals surface area (Å²) in [5, 5.41) is 4.07. The Bertz CT molecular complexity index is 998. The standard InChI is InChI=1S/C23H24N2O3S/c26-23(24-16-7-12-20-8-3-1-4-9-20)22-13-17-25(18-14-22)29(27,28)19-15-21-10-5-2-6-11-21/h1-6,8-11,15,19,22H,13-14,16-18H2,(H,24,26)/b19-15+. The smallest absolute Gasteiger partial charge is 0.236 e. The molecule has 0 atom stereocenters. The normalized spacial score (nSPS) is 15.6. The van der Waals surface area contributed by atoms with Crippen molar-refractivity contribution < 1.29 is 13.2 Å². The van der Waals surface area contributed by atoms with Crippen LogP contribution in [0.2, 0.25) is 0 Å². The number of hydrogen-bond acceptors (Lipinski definition) is 3. The summed E-state index contributed by atoms with van der Waals surface area (Å²) in [7, 11) is -3.48. The number of nitrogens with zero attached hydrogens (tertiary/aromatic N) is 1. The van der Waals surface area contributed by atoms with Crippen molar-refractivity contribution in [3.8, 4) is 11.8 Å². The summed E-state index contributed by atoms with van der Waals surface area (Å²) in [6.07, 6.45) is 2.62. The summed E-state index contributed by atoms with van der Waals surface area (Å²) in [6.45, 7) is 0.969. The maximum absolute atomic E-state index is 12.5. The Kier molecular flexibility index (Phi) is 7.23. The summed E-state index contributed by atoms with van der Waals surface area (Å²) >= 11 is 0. The summed E-state index contributed by atoms with van der Waals surface area (Å²) in [5.41, 5.74) is 1.74. The zero-order valence-electron chi connectivity index (χ0n) is 16.1. The van der Waals surface area contributed by atoms with E-state index >= 15 is 0 Å². The van der Waals surface area contributed by atoms with E-state index in [1.54, 1.807) is 6.08 Å². The molecule has 0 spiro atoms. The van der Waals surface area contributed by atoms with Crippen LogP contribution in [0.1, 0.15) is 24.0 Å². The van der Waals surface area contributed by atoms with Crippen LogP contribution in [0.25, 0.3) is 6.08 Å². The Hall–Kier alpha value is -2.88. The summed E-state index contributed by atoms with van der Waals surface area (Å²) < 4.78 is 26.4. The van der Waals surface area contributed by atoms with E-state index < -0.39 is 10.0 Å². The molecule has 0 unspecified atom stereocenters. The Morgan fingerprint density at radius 1 is 1.03 bits per heavy atom. The van der Waals surface area contributed by atoms with Gasteiger partial charge in [-0.05, 0) is 36.6 Å². The predicted octanol–water partition coefficient (Wildman–Crippen LogP) is 2.87. The van der Waals surface area contributed by atoms with Gasteiger partial charge in [-0.2, -0.15) is 4.31 Å². The monoisotopic (exact) mass is 408 g/mol. The van der Waals surface area contributed by atoms with Crippen molar-refractivity contribution in [2.24, 2.45) is 5.92 Å². The van der Waals surface area contributed by atoms with E-state index in [-0.39, 0.29) is 18.4 Å². The molecule has 0 saturated carbocycles. The van der Waals surface area contributed by atoms with E-state index in [4.69, 9.17) is 0 Å². The third kappa shape index (κ3) is 6.31. The molecule has 1 amide bonds. The van der Waals surface area contributed by atoms with Gasteiger partial charge in [0.2, 0.25) is 15.9 Å². The number of piperidine rings is 1. The molecule has 0 aliphatic carbocycles. The highest BCUT2D eigenvalue weighted by atomic mass is 32.2. The van der Waals surface area contributed by atoms with Crippen molar-refractivity contribution in [3.05, 3.63) is 77.2 Å². The lowest BCUT2D eigenvalue weighted by molar-refractivity contribution is -0.125. The summed E-state index contributed by atoms with van der Waals surface area (Å²) in [4.78, 5) is 12.3. The minimum atomic E-state index is -3.48. The molecule has 1 aliphatic heterocycles. The molecular formula is C23H24N2O3S. The van der Waals surface area contributed by atoms with Crippen LogP contribution in [0.5, 0.6) is 0 Å². The van der Waals surface area contributed by atoms with Crippen molar-refractivity contribution in [3.63, 3.8) is 0 Å². The molecule has 1 fully saturated rings. The van der Waals surface area contributed by atoms with E-state index in [0.717, 1.165) is 11.1 Å². The second kappa shape index (κ2) is 10.1. The third-order valence-electron chi connectivity index (χ3n) is 4.77. The van der Waals surface area contributed by atoms with Gasteiger partial charge in [-0.25, -0.2) is 8.42 Å². The molecule has 1 heterocycles. The average Bonchev–Trinajstić information content (AvgIpc) is 2.77. The van der Waals surface area contributed by atoms with Gasteiger partial charge in [-0.15, -0.1) is 0 Å². The van der Waals surface area contributed by atoms with Crippen LogP contribution in [0, 0.1) is 17.8 Å². The minimum absolute atomic E-state index is 0.0655. The maximum atomic E-state index is 12.5. The molecule has 29 heavy (non-hydrogen) atoms. The Balaban J connectivity index is 1.46. The number of rotatable bonds is 5. The SMILES string of the molecule is O=C(NCC#Cc1ccccc1)C1CCN(S(=O)(=O)/C=C/c2ccccc2)CC1. The van der Waals surface area contributed by atoms with Crippen LogP contribution < -0.4 is 5.32 Å². The number of sulfonamides is 1. The fourth-order valence-electron chi connectivity index (χ4n) is 3.13. The Morgan fingerprint density at radius 2 is 1.66 bits per heavy atom. The largest absolute Gasteiger partial charge is 0.345 e. The molecule has 1 aliphatic rings. The predicted molar refractivity (Wildman–Crippen MR) is 115 cm³/mol. The van der Waals surface area contributed by atoms with Crippen molar-refractivity contribution in [1.82, 2.24) is 9.62 Å². The van der Waals surface area contributed by atoms with E-state index in [1.165, 1.54) is 9.71 Å². The fraction of sp³-hybridized carbons (Fsp3) is 0.261. The van der Waals surface area contributed by atoms with Crippen molar-refractivity contribution in [1.29, 1.82) is 0 Å². The number of carbonyl (C=O) groups excluding carboxylic acids is 1. The first-order valence-corrected chi connectivity index (χ1v) is 11.1. The molecule has 1 saturated heterocycles. The van der Waals surface area contributed by atoms with Crippen LogP contribution in [-0.4, -0.2) is 38.3 Å². The topological polar surface area (TPSA) is 66.5 Å². The minimum Gasteiger partial charge on any atom is -0.345 e. The first-order valence-electron chi connectivity index (χ1n) is 9.59. The van der Waals surface area contributed by atoms with Crippen LogP contribution in [-0.2, 0) is 14.8 Å². The molecule has 0 bridgehead atoms. The third-order valence-corrected chi connectivity index (χ3v) is 6.34. The van der Waals surface area contributed by atoms with E-state index in [2.05, 4.69) is 17.2 Å². The summed E-state index contributed by atoms with van der Waals surface area (Å²) in [5.74, 6) is 5.69. The van der Waals surface area contributed by atoms with Crippen molar-refractivity contribution >= 4 is 22.0 Å². The number of hydrogen-bond donors (Lipinski definition) is 1. The molecule has 0 radical (unpaired) electrons. The molecule has 2 aromatic carbocycles. The van der Waals surface area contributed by atoms with Crippen LogP contribution in [0.4, 0.5) is 0 Å². The van der Waals surface area contributed by atoms with Gasteiger partial charge < -0.3 is 5.32 Å². The lowest BCUT2D eigenvalue weighted by atomic mass is 9.97. The van der Waals surface area contributed by atoms with Gasteiger partial charge in [0.05, 0.1) is 6.54 Å². The fourth-order valence-corrected chi connectivity index (χ4v) is 4.35. The van der Waals surface area contributed by atoms with E-state index in [9.17, 15) is 13.2 Å². The highest BCUT2D eigenvalue weighted by Gasteiger charge is 2.29. The van der Waals surface area contributed by atoms with Crippen molar-refractivity contribution in [2.45, 2.75) is 12.8 Å². The first-order chi connectivity index (χ1) is 14.0. The molecule has 1 N–H and O–H groups in total. The molecular weight excluding hydrogens is 384 g/mol. The molecule has 2 aromatic rings. The van der Waals surface area contributed by atoms with Gasteiger partial charge in [0.15, 0.2) is 0 Å². The number of nitrogens with one attached hydrogen (secondary N) is 1. The Labute approximate surface area is 172 Å².